The Kier molecular flexibility index (Phi) is 12.0. The van der Waals surface area contributed by atoms with E-state index >= 15 is 0 Å². The quantitative estimate of drug-likeness (QED) is 0.135. The molecule has 9 aromatic carbocycles. The average Bonchev–Trinajstić information content (AvgIpc) is 4.01. The summed E-state index contributed by atoms with van der Waals surface area (Å²) in [4.78, 5) is 9.50. The van der Waals surface area contributed by atoms with Crippen LogP contribution in [0.5, 0.6) is 11.5 Å². The van der Waals surface area contributed by atoms with Gasteiger partial charge in [0.2, 0.25) is 0 Å². The molecule has 0 bridgehead atoms. The molecule has 0 N–H and O–H groups in total. The Morgan fingerprint density at radius 1 is 0.507 bits per heavy atom. The van der Waals surface area contributed by atoms with Crippen LogP contribution in [0.4, 0.5) is 22.7 Å². The summed E-state index contributed by atoms with van der Waals surface area (Å²) in [5, 5.41) is 1.92. The van der Waals surface area contributed by atoms with E-state index in [4.69, 9.17) is 13.8 Å². The molecule has 0 spiro atoms. The predicted molar refractivity (Wildman–Crippen MR) is 308 cm³/mol. The number of fused-ring (bicyclic) bond motifs is 4. The number of rotatable bonds is 9. The van der Waals surface area contributed by atoms with Gasteiger partial charge in [0.25, 0.3) is 0 Å². The second-order valence-electron chi connectivity index (χ2n) is 21.1. The van der Waals surface area contributed by atoms with Gasteiger partial charge in [-0.3, -0.25) is 0 Å². The van der Waals surface area contributed by atoms with Gasteiger partial charge in [0.05, 0.1) is 0 Å². The van der Waals surface area contributed by atoms with Crippen LogP contribution in [0.3, 0.4) is 0 Å². The molecule has 0 aliphatic carbocycles. The largest absolute Gasteiger partial charge is 0.509 e. The van der Waals surface area contributed by atoms with Crippen LogP contribution in [0.25, 0.3) is 72.1 Å². The number of para-hydroxylation sites is 4. The van der Waals surface area contributed by atoms with Gasteiger partial charge >= 0.3 is 0 Å². The Hall–Kier alpha value is -7.98. The Morgan fingerprint density at radius 3 is 1.68 bits per heavy atom. The Morgan fingerprint density at radius 2 is 1.05 bits per heavy atom. The molecule has 6 heteroatoms. The minimum atomic E-state index is -2.42. The van der Waals surface area contributed by atoms with Crippen molar-refractivity contribution in [1.29, 1.82) is 0 Å². The molecule has 0 radical (unpaired) electrons. The van der Waals surface area contributed by atoms with Crippen molar-refractivity contribution in [2.75, 3.05) is 9.80 Å². The summed E-state index contributed by atoms with van der Waals surface area (Å²) >= 11 is 0. The number of aryl methyl sites for hydroxylation is 1. The van der Waals surface area contributed by atoms with Gasteiger partial charge in [0.1, 0.15) is 5.82 Å². The van der Waals surface area contributed by atoms with E-state index < -0.39 is 6.85 Å². The SMILES string of the molecule is [2H]C([2H])([2H])c1cc(-n2c3[c-]c(Oc4[c-]c(N5[CH-]N(c6c(-c7ccccc7)cccc6-c6ccc(C(C)(C)C)cc6)c6ccccc65)ccc4)cc(-c4ccc(C(C)(C)C)cc4)c3c3ccccc32)ncc1-c1ccccc1.[Pt]. The molecular formula is C69H57N4OPt-3. The smallest absolute Gasteiger partial charge is 0.135 e. The molecular weight excluding hydrogens is 1100 g/mol. The number of pyridine rings is 1. The molecule has 3 heterocycles. The third kappa shape index (κ3) is 9.25. The van der Waals surface area contributed by atoms with Gasteiger partial charge in [0.15, 0.2) is 0 Å². The van der Waals surface area contributed by atoms with Crippen molar-refractivity contribution in [3.63, 3.8) is 0 Å². The van der Waals surface area contributed by atoms with Crippen LogP contribution in [-0.4, -0.2) is 9.55 Å². The van der Waals surface area contributed by atoms with Crippen LogP contribution >= 0.6 is 0 Å². The second-order valence-corrected chi connectivity index (χ2v) is 21.1. The van der Waals surface area contributed by atoms with Crippen LogP contribution in [0.2, 0.25) is 0 Å². The van der Waals surface area contributed by atoms with Gasteiger partial charge < -0.3 is 19.1 Å². The second kappa shape index (κ2) is 19.7. The fraction of sp³-hybridized carbons (Fsp3) is 0.130. The van der Waals surface area contributed by atoms with Crippen molar-refractivity contribution in [1.82, 2.24) is 9.55 Å². The zero-order valence-corrected chi connectivity index (χ0v) is 45.1. The standard InChI is InChI=1S/C69H57N4O.Pt/c1-46-40-65(70-44-60(46)48-22-12-9-13-23-48)73-61-29-15-14-26-58(61)66-59(50-34-38-52(39-35-50)69(5,6)7)42-55(43-64(66)73)74-54-25-18-24-53(41-54)71-45-72(63-31-17-16-30-62(63)71)67-56(47-20-10-8-11-21-47)27-19-28-57(67)49-32-36-51(37-33-49)68(2,3)4;/h8-40,42,44-45H,1-7H3;/q-3;/i1D3;. The summed E-state index contributed by atoms with van der Waals surface area (Å²) < 4.78 is 35.1. The zero-order valence-electron chi connectivity index (χ0n) is 45.8. The molecule has 0 saturated carbocycles. The van der Waals surface area contributed by atoms with E-state index in [-0.39, 0.29) is 37.5 Å². The van der Waals surface area contributed by atoms with Crippen molar-refractivity contribution < 1.29 is 29.9 Å². The van der Waals surface area contributed by atoms with Crippen LogP contribution < -0.4 is 14.5 Å². The summed E-state index contributed by atoms with van der Waals surface area (Å²) in [6, 6.07) is 78.2. The Bertz CT molecular complexity index is 3990. The summed E-state index contributed by atoms with van der Waals surface area (Å²) in [6.07, 6.45) is 1.68. The van der Waals surface area contributed by atoms with Crippen molar-refractivity contribution in [3.05, 3.63) is 248 Å². The summed E-state index contributed by atoms with van der Waals surface area (Å²) in [7, 11) is 0. The van der Waals surface area contributed by atoms with E-state index in [9.17, 15) is 0 Å². The van der Waals surface area contributed by atoms with E-state index in [0.717, 1.165) is 78.0 Å². The van der Waals surface area contributed by atoms with E-state index in [1.807, 2.05) is 65.2 Å². The van der Waals surface area contributed by atoms with E-state index in [1.54, 1.807) is 12.3 Å². The van der Waals surface area contributed by atoms with Crippen molar-refractivity contribution in [3.8, 4) is 61.8 Å². The molecule has 0 amide bonds. The summed E-state index contributed by atoms with van der Waals surface area (Å²) in [5.41, 5.74) is 15.9. The maximum atomic E-state index is 8.72. The fourth-order valence-electron chi connectivity index (χ4n) is 10.3. The number of ether oxygens (including phenoxy) is 1. The van der Waals surface area contributed by atoms with Crippen molar-refractivity contribution >= 4 is 44.6 Å². The van der Waals surface area contributed by atoms with E-state index in [2.05, 4.69) is 210 Å². The minimum Gasteiger partial charge on any atom is -0.509 e. The van der Waals surface area contributed by atoms with E-state index in [1.165, 1.54) is 11.1 Å². The molecule has 12 rings (SSSR count). The number of hydrogen-bond donors (Lipinski definition) is 0. The maximum Gasteiger partial charge on any atom is 0.135 e. The molecule has 372 valence electrons. The van der Waals surface area contributed by atoms with Gasteiger partial charge in [-0.05, 0) is 86.3 Å². The Balaban J connectivity index is 0.00000645. The maximum absolute atomic E-state index is 8.72. The fourth-order valence-corrected chi connectivity index (χ4v) is 10.3. The molecule has 75 heavy (non-hydrogen) atoms. The van der Waals surface area contributed by atoms with Gasteiger partial charge in [-0.2, -0.15) is 6.07 Å². The average molecular weight is 1160 g/mol. The topological polar surface area (TPSA) is 33.5 Å². The van der Waals surface area contributed by atoms with Crippen LogP contribution in [0, 0.1) is 25.7 Å². The molecule has 11 aromatic rings. The molecule has 0 fully saturated rings. The van der Waals surface area contributed by atoms with Crippen LogP contribution in [-0.2, 0) is 31.9 Å². The monoisotopic (exact) mass is 1160 g/mol. The zero-order chi connectivity index (χ0) is 53.2. The number of hydrogen-bond acceptors (Lipinski definition) is 4. The third-order valence-corrected chi connectivity index (χ3v) is 14.2. The Labute approximate surface area is 460 Å². The normalized spacial score (nSPS) is 13.3. The van der Waals surface area contributed by atoms with Gasteiger partial charge in [-0.1, -0.05) is 210 Å². The van der Waals surface area contributed by atoms with Gasteiger partial charge in [-0.15, -0.1) is 48.3 Å². The molecule has 2 aromatic heterocycles. The first-order valence-electron chi connectivity index (χ1n) is 26.8. The van der Waals surface area contributed by atoms with Crippen molar-refractivity contribution in [2.45, 2.75) is 59.2 Å². The number of benzene rings is 9. The number of anilines is 4. The first-order valence-corrected chi connectivity index (χ1v) is 25.3. The summed E-state index contributed by atoms with van der Waals surface area (Å²) in [5.74, 6) is 1.43. The van der Waals surface area contributed by atoms with Gasteiger partial charge in [0, 0.05) is 82.1 Å². The number of aromatic nitrogens is 2. The predicted octanol–water partition coefficient (Wildman–Crippen LogP) is 18.5. The van der Waals surface area contributed by atoms with Gasteiger partial charge in [-0.25, -0.2) is 4.98 Å². The molecule has 1 aliphatic heterocycles. The molecule has 0 saturated heterocycles. The van der Waals surface area contributed by atoms with Crippen LogP contribution in [0.1, 0.15) is 62.3 Å². The third-order valence-electron chi connectivity index (χ3n) is 14.2. The summed E-state index contributed by atoms with van der Waals surface area (Å²) in [6.45, 7) is 13.1. The molecule has 0 unspecified atom stereocenters. The van der Waals surface area contributed by atoms with Crippen molar-refractivity contribution in [2.24, 2.45) is 0 Å². The molecule has 0 atom stereocenters. The number of nitrogens with zero attached hydrogens (tertiary/aromatic N) is 4. The van der Waals surface area contributed by atoms with E-state index in [0.29, 0.717) is 28.4 Å². The first-order chi connectivity index (χ1) is 37.1. The van der Waals surface area contributed by atoms with Crippen LogP contribution in [0.15, 0.2) is 212 Å². The molecule has 1 aliphatic rings. The first kappa shape index (κ1) is 45.6. The minimum absolute atomic E-state index is 0. The molecule has 5 nitrogen and oxygen atoms in total.